The molecule has 25 heavy (non-hydrogen) atoms. The highest BCUT2D eigenvalue weighted by Crippen LogP contribution is 2.13. The predicted molar refractivity (Wildman–Crippen MR) is 86.1 cm³/mol. The summed E-state index contributed by atoms with van der Waals surface area (Å²) >= 11 is 0. The van der Waals surface area contributed by atoms with Gasteiger partial charge in [-0.3, -0.25) is 15.0 Å². The summed E-state index contributed by atoms with van der Waals surface area (Å²) in [6, 6.07) is 6.01. The first-order valence-electron chi connectivity index (χ1n) is 7.35. The Labute approximate surface area is 143 Å². The minimum Gasteiger partial charge on any atom is -0.490 e. The van der Waals surface area contributed by atoms with E-state index in [0.717, 1.165) is 5.56 Å². The van der Waals surface area contributed by atoms with Gasteiger partial charge >= 0.3 is 12.2 Å². The lowest BCUT2D eigenvalue weighted by Gasteiger charge is -2.16. The van der Waals surface area contributed by atoms with Crippen molar-refractivity contribution in [3.63, 3.8) is 0 Å². The molecule has 2 N–H and O–H groups in total. The second kappa shape index (κ2) is 9.67. The number of halogens is 3. The molecule has 0 radical (unpaired) electrons. The summed E-state index contributed by atoms with van der Waals surface area (Å²) < 4.78 is 41.2. The lowest BCUT2D eigenvalue weighted by Crippen LogP contribution is -2.46. The molecule has 6 nitrogen and oxygen atoms in total. The van der Waals surface area contributed by atoms with Crippen molar-refractivity contribution in [2.24, 2.45) is 0 Å². The Kier molecular flexibility index (Phi) is 7.93. The molecule has 1 aromatic rings. The second-order valence-corrected chi connectivity index (χ2v) is 5.26. The Balaban J connectivity index is 2.37. The number of hydrogen-bond acceptors (Lipinski definition) is 4. The van der Waals surface area contributed by atoms with Crippen LogP contribution in [0.25, 0.3) is 0 Å². The van der Waals surface area contributed by atoms with Crippen LogP contribution in [0.2, 0.25) is 0 Å². The summed E-state index contributed by atoms with van der Waals surface area (Å²) in [5.41, 5.74) is 0.905. The molecule has 1 aromatic carbocycles. The third-order valence-electron chi connectivity index (χ3n) is 2.86. The van der Waals surface area contributed by atoms with Gasteiger partial charge in [-0.2, -0.15) is 13.2 Å². The highest BCUT2D eigenvalue weighted by atomic mass is 19.4. The summed E-state index contributed by atoms with van der Waals surface area (Å²) in [6.45, 7) is 2.72. The zero-order valence-corrected chi connectivity index (χ0v) is 13.7. The molecule has 0 saturated carbocycles. The van der Waals surface area contributed by atoms with Crippen LogP contribution in [-0.2, 0) is 11.3 Å². The summed E-state index contributed by atoms with van der Waals surface area (Å²) in [5.74, 6) is -0.0153. The minimum absolute atomic E-state index is 0.145. The monoisotopic (exact) mass is 359 g/mol. The van der Waals surface area contributed by atoms with Gasteiger partial charge in [-0.15, -0.1) is 0 Å². The Morgan fingerprint density at radius 1 is 1.28 bits per heavy atom. The van der Waals surface area contributed by atoms with Crippen molar-refractivity contribution in [1.29, 1.82) is 0 Å². The quantitative estimate of drug-likeness (QED) is 0.697. The molecule has 0 saturated heterocycles. The number of alkyl halides is 3. The van der Waals surface area contributed by atoms with E-state index in [9.17, 15) is 22.8 Å². The molecule has 0 aliphatic heterocycles. The number of imide groups is 1. The average Bonchev–Trinajstić information content (AvgIpc) is 2.51. The van der Waals surface area contributed by atoms with Gasteiger partial charge in [-0.1, -0.05) is 24.8 Å². The Morgan fingerprint density at radius 2 is 1.92 bits per heavy atom. The molecule has 3 amide bonds. The van der Waals surface area contributed by atoms with E-state index in [1.165, 1.54) is 0 Å². The molecular weight excluding hydrogens is 339 g/mol. The topological polar surface area (TPSA) is 70.7 Å². The van der Waals surface area contributed by atoms with E-state index < -0.39 is 24.7 Å². The maximum atomic E-state index is 12.0. The maximum absolute atomic E-state index is 12.0. The molecule has 0 heterocycles. The molecule has 0 aromatic heterocycles. The zero-order chi connectivity index (χ0) is 18.9. The number of carbonyl (C=O) groups excluding carboxylic acids is 2. The van der Waals surface area contributed by atoms with Crippen molar-refractivity contribution in [3.8, 4) is 5.75 Å². The molecule has 0 fully saturated rings. The second-order valence-electron chi connectivity index (χ2n) is 5.26. The van der Waals surface area contributed by atoms with Gasteiger partial charge < -0.3 is 10.1 Å². The van der Waals surface area contributed by atoms with Crippen LogP contribution in [-0.4, -0.2) is 49.8 Å². The molecular formula is C16H20F3N3O3. The van der Waals surface area contributed by atoms with E-state index in [2.05, 4.69) is 6.58 Å². The number of urea groups is 1. The highest BCUT2D eigenvalue weighted by molar-refractivity contribution is 5.95. The van der Waals surface area contributed by atoms with E-state index in [1.54, 1.807) is 35.5 Å². The fourth-order valence-corrected chi connectivity index (χ4v) is 1.85. The number of ether oxygens (including phenoxy) is 1. The van der Waals surface area contributed by atoms with Crippen LogP contribution in [0.5, 0.6) is 5.75 Å². The van der Waals surface area contributed by atoms with Crippen LogP contribution in [0, 0.1) is 0 Å². The maximum Gasteiger partial charge on any atom is 0.405 e. The van der Waals surface area contributed by atoms with Crippen LogP contribution in [0.4, 0.5) is 18.0 Å². The van der Waals surface area contributed by atoms with Gasteiger partial charge in [0, 0.05) is 6.54 Å². The van der Waals surface area contributed by atoms with E-state index in [-0.39, 0.29) is 6.54 Å². The number of benzene rings is 1. The molecule has 0 unspecified atom stereocenters. The van der Waals surface area contributed by atoms with Crippen molar-refractivity contribution in [2.75, 3.05) is 26.7 Å². The number of rotatable bonds is 8. The molecule has 0 aliphatic carbocycles. The van der Waals surface area contributed by atoms with Gasteiger partial charge in [0.25, 0.3) is 0 Å². The summed E-state index contributed by atoms with van der Waals surface area (Å²) in [4.78, 5) is 24.4. The smallest absolute Gasteiger partial charge is 0.405 e. The number of hydrogen-bond donors (Lipinski definition) is 2. The molecule has 0 spiro atoms. The van der Waals surface area contributed by atoms with Gasteiger partial charge in [0.2, 0.25) is 5.91 Å². The SMILES string of the molecule is C=CCOc1ccc(CN(C)CC(=O)NC(=O)NCC(F)(F)F)cc1. The van der Waals surface area contributed by atoms with Crippen molar-refractivity contribution in [3.05, 3.63) is 42.5 Å². The Morgan fingerprint density at radius 3 is 2.48 bits per heavy atom. The number of carbonyl (C=O) groups is 2. The lowest BCUT2D eigenvalue weighted by molar-refractivity contribution is -0.125. The van der Waals surface area contributed by atoms with Crippen LogP contribution < -0.4 is 15.4 Å². The molecule has 0 bridgehead atoms. The molecule has 138 valence electrons. The van der Waals surface area contributed by atoms with Crippen LogP contribution in [0.1, 0.15) is 5.56 Å². The summed E-state index contributed by atoms with van der Waals surface area (Å²) in [7, 11) is 1.65. The van der Waals surface area contributed by atoms with Gasteiger partial charge in [0.05, 0.1) is 6.54 Å². The highest BCUT2D eigenvalue weighted by Gasteiger charge is 2.28. The number of amides is 3. The largest absolute Gasteiger partial charge is 0.490 e. The third-order valence-corrected chi connectivity index (χ3v) is 2.86. The molecule has 0 atom stereocenters. The number of likely N-dealkylation sites (N-methyl/N-ethyl adjacent to an activating group) is 1. The van der Waals surface area contributed by atoms with Crippen molar-refractivity contribution in [1.82, 2.24) is 15.5 Å². The van der Waals surface area contributed by atoms with Gasteiger partial charge in [-0.25, -0.2) is 4.79 Å². The van der Waals surface area contributed by atoms with Crippen LogP contribution >= 0.6 is 0 Å². The van der Waals surface area contributed by atoms with E-state index in [4.69, 9.17) is 4.74 Å². The average molecular weight is 359 g/mol. The lowest BCUT2D eigenvalue weighted by atomic mass is 10.2. The van der Waals surface area contributed by atoms with Gasteiger partial charge in [0.1, 0.15) is 18.9 Å². The normalized spacial score (nSPS) is 11.1. The Bertz CT molecular complexity index is 589. The van der Waals surface area contributed by atoms with Crippen LogP contribution in [0.3, 0.4) is 0 Å². The summed E-state index contributed by atoms with van der Waals surface area (Å²) in [5, 5.41) is 3.41. The van der Waals surface area contributed by atoms with Crippen molar-refractivity contribution >= 4 is 11.9 Å². The first-order valence-corrected chi connectivity index (χ1v) is 7.35. The first kappa shape index (κ1) is 20.5. The molecule has 0 aliphatic rings. The van der Waals surface area contributed by atoms with Gasteiger partial charge in [-0.05, 0) is 24.7 Å². The minimum atomic E-state index is -4.53. The zero-order valence-electron chi connectivity index (χ0n) is 13.7. The van der Waals surface area contributed by atoms with Crippen molar-refractivity contribution < 1.29 is 27.5 Å². The predicted octanol–water partition coefficient (Wildman–Crippen LogP) is 2.07. The number of nitrogens with one attached hydrogen (secondary N) is 2. The molecule has 9 heteroatoms. The van der Waals surface area contributed by atoms with E-state index >= 15 is 0 Å². The van der Waals surface area contributed by atoms with E-state index in [1.807, 2.05) is 17.4 Å². The standard InChI is InChI=1S/C16H20F3N3O3/c1-3-8-25-13-6-4-12(5-7-13)9-22(2)10-14(23)21-15(24)20-11-16(17,18)19/h3-7H,1,8-11H2,2H3,(H2,20,21,23,24). The molecule has 1 rings (SSSR count). The third kappa shape index (κ3) is 9.36. The first-order chi connectivity index (χ1) is 11.7. The van der Waals surface area contributed by atoms with Crippen molar-refractivity contribution in [2.45, 2.75) is 12.7 Å². The Hall–Kier alpha value is -2.55. The summed E-state index contributed by atoms with van der Waals surface area (Å²) in [6.07, 6.45) is -2.90. The van der Waals surface area contributed by atoms with Gasteiger partial charge in [0.15, 0.2) is 0 Å². The van der Waals surface area contributed by atoms with E-state index in [0.29, 0.717) is 18.9 Å². The fourth-order valence-electron chi connectivity index (χ4n) is 1.85. The van der Waals surface area contributed by atoms with Crippen LogP contribution in [0.15, 0.2) is 36.9 Å². The fraction of sp³-hybridized carbons (Fsp3) is 0.375. The number of nitrogens with zero attached hydrogens (tertiary/aromatic N) is 1.